The largest absolute Gasteiger partial charge is 0.457 e. The van der Waals surface area contributed by atoms with E-state index in [4.69, 9.17) is 4.74 Å². The Morgan fingerprint density at radius 3 is 2.23 bits per heavy atom. The summed E-state index contributed by atoms with van der Waals surface area (Å²) in [5.41, 5.74) is -0.192. The van der Waals surface area contributed by atoms with E-state index in [1.807, 2.05) is 30.3 Å². The van der Waals surface area contributed by atoms with Crippen LogP contribution in [0.2, 0.25) is 0 Å². The van der Waals surface area contributed by atoms with E-state index in [-0.39, 0.29) is 12.1 Å². The summed E-state index contributed by atoms with van der Waals surface area (Å²) >= 11 is 0. The molecule has 0 unspecified atom stereocenters. The van der Waals surface area contributed by atoms with Gasteiger partial charge in [0.25, 0.3) is 0 Å². The topological polar surface area (TPSA) is 21.3 Å². The SMILES string of the molecule is Fc1cc(C(F)(F)F)ccc1CNc1cccc(Oc2ccccc2)c1. The molecule has 6 heteroatoms. The Morgan fingerprint density at radius 1 is 0.808 bits per heavy atom. The second-order valence-electron chi connectivity index (χ2n) is 5.60. The molecule has 0 amide bonds. The molecule has 26 heavy (non-hydrogen) atoms. The van der Waals surface area contributed by atoms with Crippen molar-refractivity contribution < 1.29 is 22.3 Å². The maximum atomic E-state index is 13.9. The number of ether oxygens (including phenoxy) is 1. The van der Waals surface area contributed by atoms with Gasteiger partial charge in [-0.1, -0.05) is 30.3 Å². The molecule has 3 aromatic carbocycles. The molecular weight excluding hydrogens is 346 g/mol. The zero-order valence-electron chi connectivity index (χ0n) is 13.6. The summed E-state index contributed by atoms with van der Waals surface area (Å²) in [6.07, 6.45) is -4.56. The lowest BCUT2D eigenvalue weighted by Crippen LogP contribution is -2.08. The molecule has 0 aliphatic heterocycles. The molecule has 0 bridgehead atoms. The van der Waals surface area contributed by atoms with Crippen LogP contribution in [0.4, 0.5) is 23.2 Å². The third kappa shape index (κ3) is 4.53. The standard InChI is InChI=1S/C20H15F4NO/c21-19-11-15(20(22,23)24)10-9-14(19)13-25-16-5-4-8-18(12-16)26-17-6-2-1-3-7-17/h1-12,25H,13H2. The van der Waals surface area contributed by atoms with Gasteiger partial charge in [0.2, 0.25) is 0 Å². The fraction of sp³-hybridized carbons (Fsp3) is 0.100. The van der Waals surface area contributed by atoms with Crippen LogP contribution in [0.5, 0.6) is 11.5 Å². The lowest BCUT2D eigenvalue weighted by molar-refractivity contribution is -0.137. The number of benzene rings is 3. The molecule has 0 aromatic heterocycles. The molecule has 134 valence electrons. The average Bonchev–Trinajstić information content (AvgIpc) is 2.61. The molecule has 0 fully saturated rings. The number of alkyl halides is 3. The maximum absolute atomic E-state index is 13.9. The van der Waals surface area contributed by atoms with E-state index >= 15 is 0 Å². The van der Waals surface area contributed by atoms with E-state index < -0.39 is 17.6 Å². The van der Waals surface area contributed by atoms with E-state index in [9.17, 15) is 17.6 Å². The first-order valence-electron chi connectivity index (χ1n) is 7.84. The number of hydrogen-bond acceptors (Lipinski definition) is 2. The maximum Gasteiger partial charge on any atom is 0.416 e. The van der Waals surface area contributed by atoms with Crippen molar-refractivity contribution in [3.63, 3.8) is 0 Å². The number of hydrogen-bond donors (Lipinski definition) is 1. The van der Waals surface area contributed by atoms with Gasteiger partial charge in [-0.2, -0.15) is 13.2 Å². The smallest absolute Gasteiger partial charge is 0.416 e. The number of anilines is 1. The number of nitrogens with one attached hydrogen (secondary N) is 1. The minimum Gasteiger partial charge on any atom is -0.457 e. The summed E-state index contributed by atoms with van der Waals surface area (Å²) in [5, 5.41) is 2.98. The van der Waals surface area contributed by atoms with Crippen molar-refractivity contribution in [1.82, 2.24) is 0 Å². The van der Waals surface area contributed by atoms with Crippen LogP contribution in [0, 0.1) is 5.82 Å². The third-order valence-corrected chi connectivity index (χ3v) is 3.68. The van der Waals surface area contributed by atoms with Gasteiger partial charge in [-0.15, -0.1) is 0 Å². The third-order valence-electron chi connectivity index (χ3n) is 3.68. The Kier molecular flexibility index (Phi) is 5.11. The summed E-state index contributed by atoms with van der Waals surface area (Å²) < 4.78 is 57.3. The highest BCUT2D eigenvalue weighted by Gasteiger charge is 2.31. The summed E-state index contributed by atoms with van der Waals surface area (Å²) in [5.74, 6) is 0.372. The highest BCUT2D eigenvalue weighted by molar-refractivity contribution is 5.49. The van der Waals surface area contributed by atoms with E-state index in [1.54, 1.807) is 24.3 Å². The minimum atomic E-state index is -4.56. The van der Waals surface area contributed by atoms with Gasteiger partial charge in [-0.3, -0.25) is 0 Å². The van der Waals surface area contributed by atoms with Gasteiger partial charge in [-0.25, -0.2) is 4.39 Å². The van der Waals surface area contributed by atoms with Crippen molar-refractivity contribution in [2.45, 2.75) is 12.7 Å². The average molecular weight is 361 g/mol. The Balaban J connectivity index is 1.67. The first-order valence-corrected chi connectivity index (χ1v) is 7.84. The Bertz CT molecular complexity index is 878. The van der Waals surface area contributed by atoms with Crippen LogP contribution in [-0.2, 0) is 12.7 Å². The van der Waals surface area contributed by atoms with Crippen LogP contribution in [-0.4, -0.2) is 0 Å². The van der Waals surface area contributed by atoms with Crippen LogP contribution in [0.1, 0.15) is 11.1 Å². The zero-order chi connectivity index (χ0) is 18.6. The predicted molar refractivity (Wildman–Crippen MR) is 91.7 cm³/mol. The highest BCUT2D eigenvalue weighted by Crippen LogP contribution is 2.30. The van der Waals surface area contributed by atoms with Gasteiger partial charge in [0, 0.05) is 23.9 Å². The number of para-hydroxylation sites is 1. The second kappa shape index (κ2) is 7.47. The van der Waals surface area contributed by atoms with Crippen molar-refractivity contribution in [3.8, 4) is 11.5 Å². The molecule has 0 saturated carbocycles. The quantitative estimate of drug-likeness (QED) is 0.543. The number of halogens is 4. The molecule has 0 aliphatic rings. The molecule has 0 heterocycles. The van der Waals surface area contributed by atoms with Crippen molar-refractivity contribution in [2.75, 3.05) is 5.32 Å². The van der Waals surface area contributed by atoms with Crippen molar-refractivity contribution in [2.24, 2.45) is 0 Å². The summed E-state index contributed by atoms with van der Waals surface area (Å²) in [6.45, 7) is 0.0543. The van der Waals surface area contributed by atoms with E-state index in [1.165, 1.54) is 0 Å². The first kappa shape index (κ1) is 17.8. The number of rotatable bonds is 5. The van der Waals surface area contributed by atoms with Gasteiger partial charge in [0.05, 0.1) is 5.56 Å². The van der Waals surface area contributed by atoms with Gasteiger partial charge in [-0.05, 0) is 36.4 Å². The van der Waals surface area contributed by atoms with Crippen molar-refractivity contribution >= 4 is 5.69 Å². The van der Waals surface area contributed by atoms with Crippen LogP contribution in [0.15, 0.2) is 72.8 Å². The normalized spacial score (nSPS) is 11.2. The molecule has 2 nitrogen and oxygen atoms in total. The Labute approximate surface area is 148 Å². The minimum absolute atomic E-state index is 0.0543. The highest BCUT2D eigenvalue weighted by atomic mass is 19.4. The van der Waals surface area contributed by atoms with Gasteiger partial charge < -0.3 is 10.1 Å². The molecule has 0 atom stereocenters. The van der Waals surface area contributed by atoms with Crippen LogP contribution in [0.3, 0.4) is 0 Å². The molecule has 3 rings (SSSR count). The van der Waals surface area contributed by atoms with E-state index in [2.05, 4.69) is 5.32 Å². The predicted octanol–water partition coefficient (Wildman–Crippen LogP) is 6.25. The molecule has 0 saturated heterocycles. The van der Waals surface area contributed by atoms with Crippen LogP contribution < -0.4 is 10.1 Å². The van der Waals surface area contributed by atoms with Gasteiger partial charge in [0.15, 0.2) is 0 Å². The van der Waals surface area contributed by atoms with Gasteiger partial charge >= 0.3 is 6.18 Å². The fourth-order valence-electron chi connectivity index (χ4n) is 2.36. The van der Waals surface area contributed by atoms with Crippen molar-refractivity contribution in [1.29, 1.82) is 0 Å². The molecule has 3 aromatic rings. The van der Waals surface area contributed by atoms with Gasteiger partial charge in [0.1, 0.15) is 17.3 Å². The molecule has 0 spiro atoms. The summed E-state index contributed by atoms with van der Waals surface area (Å²) in [4.78, 5) is 0. The Morgan fingerprint density at radius 2 is 1.54 bits per heavy atom. The lowest BCUT2D eigenvalue weighted by atomic mass is 10.1. The zero-order valence-corrected chi connectivity index (χ0v) is 13.6. The first-order chi connectivity index (χ1) is 12.4. The van der Waals surface area contributed by atoms with Crippen LogP contribution in [0.25, 0.3) is 0 Å². The molecule has 0 radical (unpaired) electrons. The monoisotopic (exact) mass is 361 g/mol. The molecule has 0 aliphatic carbocycles. The summed E-state index contributed by atoms with van der Waals surface area (Å²) in [7, 11) is 0. The molecular formula is C20H15F4NO. The fourth-order valence-corrected chi connectivity index (χ4v) is 2.36. The van der Waals surface area contributed by atoms with E-state index in [0.29, 0.717) is 23.3 Å². The Hall–Kier alpha value is -3.02. The van der Waals surface area contributed by atoms with E-state index in [0.717, 1.165) is 12.1 Å². The lowest BCUT2D eigenvalue weighted by Gasteiger charge is -2.12. The summed E-state index contributed by atoms with van der Waals surface area (Å²) in [6, 6.07) is 18.8. The second-order valence-corrected chi connectivity index (χ2v) is 5.60. The van der Waals surface area contributed by atoms with Crippen LogP contribution >= 0.6 is 0 Å². The van der Waals surface area contributed by atoms with Crippen molar-refractivity contribution in [3.05, 3.63) is 89.7 Å². The molecule has 1 N–H and O–H groups in total.